The molecule has 0 radical (unpaired) electrons. The molecule has 1 atom stereocenters. The number of aliphatic hydroxyl groups is 1. The Bertz CT molecular complexity index is 552. The number of rotatable bonds is 5. The standard InChI is InChI=1S/C17H21NO2/c1-4-18(14-9-6-5-7-10-14)15-11-8-12-16(20-3)17(15)13(2)19/h5-13,19H,4H2,1-3H3. The second-order valence-corrected chi connectivity index (χ2v) is 4.65. The number of ether oxygens (including phenoxy) is 1. The van der Waals surface area contributed by atoms with E-state index in [1.165, 1.54) is 0 Å². The Morgan fingerprint density at radius 3 is 2.35 bits per heavy atom. The molecule has 3 heteroatoms. The number of aliphatic hydroxyl groups excluding tert-OH is 1. The summed E-state index contributed by atoms with van der Waals surface area (Å²) < 4.78 is 5.39. The maximum Gasteiger partial charge on any atom is 0.126 e. The van der Waals surface area contributed by atoms with Crippen LogP contribution in [0.1, 0.15) is 25.5 Å². The molecule has 0 saturated heterocycles. The lowest BCUT2D eigenvalue weighted by Crippen LogP contribution is -2.18. The fourth-order valence-corrected chi connectivity index (χ4v) is 2.47. The van der Waals surface area contributed by atoms with Gasteiger partial charge < -0.3 is 14.7 Å². The maximum absolute atomic E-state index is 10.1. The quantitative estimate of drug-likeness (QED) is 0.895. The van der Waals surface area contributed by atoms with E-state index in [1.807, 2.05) is 36.4 Å². The zero-order chi connectivity index (χ0) is 14.5. The summed E-state index contributed by atoms with van der Waals surface area (Å²) in [6, 6.07) is 16.0. The summed E-state index contributed by atoms with van der Waals surface area (Å²) in [6.07, 6.45) is -0.584. The van der Waals surface area contributed by atoms with E-state index < -0.39 is 6.10 Å². The minimum absolute atomic E-state index is 0.584. The van der Waals surface area contributed by atoms with Crippen molar-refractivity contribution in [3.05, 3.63) is 54.1 Å². The molecule has 2 aromatic carbocycles. The molecule has 0 aromatic heterocycles. The van der Waals surface area contributed by atoms with Crippen LogP contribution in [0.15, 0.2) is 48.5 Å². The SMILES string of the molecule is CCN(c1ccccc1)c1cccc(OC)c1C(C)O. The summed E-state index contributed by atoms with van der Waals surface area (Å²) in [7, 11) is 1.63. The van der Waals surface area contributed by atoms with Crippen LogP contribution in [0.25, 0.3) is 0 Å². The molecule has 0 fully saturated rings. The summed E-state index contributed by atoms with van der Waals surface area (Å²) in [6.45, 7) is 4.68. The van der Waals surface area contributed by atoms with E-state index in [9.17, 15) is 5.11 Å². The summed E-state index contributed by atoms with van der Waals surface area (Å²) in [5, 5.41) is 10.1. The first kappa shape index (κ1) is 14.4. The highest BCUT2D eigenvalue weighted by Gasteiger charge is 2.18. The molecule has 3 nitrogen and oxygen atoms in total. The van der Waals surface area contributed by atoms with Gasteiger partial charge in [0.15, 0.2) is 0 Å². The van der Waals surface area contributed by atoms with E-state index >= 15 is 0 Å². The van der Waals surface area contributed by atoms with Gasteiger partial charge in [-0.1, -0.05) is 24.3 Å². The molecule has 1 unspecified atom stereocenters. The fraction of sp³-hybridized carbons (Fsp3) is 0.294. The summed E-state index contributed by atoms with van der Waals surface area (Å²) in [5.41, 5.74) is 2.90. The van der Waals surface area contributed by atoms with Crippen molar-refractivity contribution in [1.82, 2.24) is 0 Å². The van der Waals surface area contributed by atoms with Crippen molar-refractivity contribution in [2.75, 3.05) is 18.6 Å². The smallest absolute Gasteiger partial charge is 0.126 e. The monoisotopic (exact) mass is 271 g/mol. The van der Waals surface area contributed by atoms with Gasteiger partial charge in [0, 0.05) is 17.8 Å². The molecule has 0 aliphatic rings. The van der Waals surface area contributed by atoms with Gasteiger partial charge in [-0.2, -0.15) is 0 Å². The second kappa shape index (κ2) is 6.44. The molecular formula is C17H21NO2. The highest BCUT2D eigenvalue weighted by atomic mass is 16.5. The van der Waals surface area contributed by atoms with Gasteiger partial charge in [0.1, 0.15) is 5.75 Å². The molecule has 0 bridgehead atoms. The normalized spacial score (nSPS) is 12.0. The summed E-state index contributed by atoms with van der Waals surface area (Å²) in [5.74, 6) is 0.715. The highest BCUT2D eigenvalue weighted by molar-refractivity contribution is 5.69. The maximum atomic E-state index is 10.1. The van der Waals surface area contributed by atoms with Crippen molar-refractivity contribution in [3.63, 3.8) is 0 Å². The fourth-order valence-electron chi connectivity index (χ4n) is 2.47. The van der Waals surface area contributed by atoms with Crippen LogP contribution in [0.3, 0.4) is 0 Å². The van der Waals surface area contributed by atoms with Crippen LogP contribution in [0.5, 0.6) is 5.75 Å². The van der Waals surface area contributed by atoms with Gasteiger partial charge in [0.2, 0.25) is 0 Å². The van der Waals surface area contributed by atoms with Crippen LogP contribution in [0, 0.1) is 0 Å². The summed E-state index contributed by atoms with van der Waals surface area (Å²) in [4.78, 5) is 2.17. The first-order valence-electron chi connectivity index (χ1n) is 6.86. The lowest BCUT2D eigenvalue weighted by Gasteiger charge is -2.27. The largest absolute Gasteiger partial charge is 0.496 e. The van der Waals surface area contributed by atoms with Crippen molar-refractivity contribution in [1.29, 1.82) is 0 Å². The van der Waals surface area contributed by atoms with Crippen molar-refractivity contribution in [2.45, 2.75) is 20.0 Å². The van der Waals surface area contributed by atoms with E-state index in [-0.39, 0.29) is 0 Å². The van der Waals surface area contributed by atoms with E-state index in [2.05, 4.69) is 24.0 Å². The van der Waals surface area contributed by atoms with Gasteiger partial charge in [0.25, 0.3) is 0 Å². The average Bonchev–Trinajstić information content (AvgIpc) is 2.48. The second-order valence-electron chi connectivity index (χ2n) is 4.65. The Morgan fingerprint density at radius 2 is 1.80 bits per heavy atom. The Kier molecular flexibility index (Phi) is 4.64. The first-order chi connectivity index (χ1) is 9.69. The van der Waals surface area contributed by atoms with Gasteiger partial charge in [-0.3, -0.25) is 0 Å². The molecule has 2 aromatic rings. The van der Waals surface area contributed by atoms with Crippen LogP contribution < -0.4 is 9.64 Å². The molecule has 1 N–H and O–H groups in total. The third kappa shape index (κ3) is 2.78. The Morgan fingerprint density at radius 1 is 1.10 bits per heavy atom. The van der Waals surface area contributed by atoms with Gasteiger partial charge in [-0.05, 0) is 38.1 Å². The van der Waals surface area contributed by atoms with E-state index in [0.29, 0.717) is 5.75 Å². The Hall–Kier alpha value is -2.00. The third-order valence-corrected chi connectivity index (χ3v) is 3.36. The number of hydrogen-bond donors (Lipinski definition) is 1. The average molecular weight is 271 g/mol. The van der Waals surface area contributed by atoms with Crippen LogP contribution in [-0.2, 0) is 0 Å². The van der Waals surface area contributed by atoms with Crippen molar-refractivity contribution >= 4 is 11.4 Å². The zero-order valence-corrected chi connectivity index (χ0v) is 12.2. The predicted molar refractivity (Wildman–Crippen MR) is 82.7 cm³/mol. The summed E-state index contributed by atoms with van der Waals surface area (Å²) >= 11 is 0. The molecule has 20 heavy (non-hydrogen) atoms. The molecule has 0 spiro atoms. The van der Waals surface area contributed by atoms with Gasteiger partial charge >= 0.3 is 0 Å². The number of anilines is 2. The number of benzene rings is 2. The van der Waals surface area contributed by atoms with Crippen LogP contribution in [-0.4, -0.2) is 18.8 Å². The first-order valence-corrected chi connectivity index (χ1v) is 6.86. The molecular weight excluding hydrogens is 250 g/mol. The highest BCUT2D eigenvalue weighted by Crippen LogP contribution is 2.37. The van der Waals surface area contributed by atoms with Crippen molar-refractivity contribution in [3.8, 4) is 5.75 Å². The van der Waals surface area contributed by atoms with Gasteiger partial charge in [-0.15, -0.1) is 0 Å². The zero-order valence-electron chi connectivity index (χ0n) is 12.2. The molecule has 0 amide bonds. The number of nitrogens with zero attached hydrogens (tertiary/aromatic N) is 1. The lowest BCUT2D eigenvalue weighted by molar-refractivity contribution is 0.195. The van der Waals surface area contributed by atoms with Crippen LogP contribution in [0.4, 0.5) is 11.4 Å². The third-order valence-electron chi connectivity index (χ3n) is 3.36. The van der Waals surface area contributed by atoms with Gasteiger partial charge in [0.05, 0.1) is 18.9 Å². The minimum atomic E-state index is -0.584. The van der Waals surface area contributed by atoms with Crippen LogP contribution in [0.2, 0.25) is 0 Å². The topological polar surface area (TPSA) is 32.7 Å². The number of hydrogen-bond acceptors (Lipinski definition) is 3. The Labute approximate surface area is 120 Å². The van der Waals surface area contributed by atoms with E-state index in [4.69, 9.17) is 4.74 Å². The Balaban J connectivity index is 2.55. The molecule has 2 rings (SSSR count). The number of para-hydroxylation sites is 1. The molecule has 0 aliphatic heterocycles. The molecule has 0 heterocycles. The minimum Gasteiger partial charge on any atom is -0.496 e. The predicted octanol–water partition coefficient (Wildman–Crippen LogP) is 3.91. The lowest BCUT2D eigenvalue weighted by atomic mass is 10.0. The van der Waals surface area contributed by atoms with E-state index in [1.54, 1.807) is 14.0 Å². The van der Waals surface area contributed by atoms with Crippen molar-refractivity contribution < 1.29 is 9.84 Å². The molecule has 106 valence electrons. The molecule has 0 saturated carbocycles. The number of methoxy groups -OCH3 is 1. The van der Waals surface area contributed by atoms with Crippen molar-refractivity contribution in [2.24, 2.45) is 0 Å². The van der Waals surface area contributed by atoms with Crippen LogP contribution >= 0.6 is 0 Å². The molecule has 0 aliphatic carbocycles. The van der Waals surface area contributed by atoms with E-state index in [0.717, 1.165) is 23.5 Å². The van der Waals surface area contributed by atoms with Gasteiger partial charge in [-0.25, -0.2) is 0 Å².